The molecule has 1 aromatic rings. The van der Waals surface area contributed by atoms with Gasteiger partial charge in [-0.05, 0) is 37.3 Å². The van der Waals surface area contributed by atoms with Crippen molar-refractivity contribution in [3.8, 4) is 5.75 Å². The lowest BCUT2D eigenvalue weighted by molar-refractivity contribution is 0.203. The molecule has 1 aliphatic carbocycles. The minimum absolute atomic E-state index is 0.429. The number of para-hydroxylation sites is 1. The van der Waals surface area contributed by atoms with Crippen molar-refractivity contribution >= 4 is 6.09 Å². The van der Waals surface area contributed by atoms with Crippen LogP contribution < -0.4 is 10.1 Å². The molecule has 0 saturated heterocycles. The molecule has 3 nitrogen and oxygen atoms in total. The molecule has 102 valence electrons. The van der Waals surface area contributed by atoms with Gasteiger partial charge < -0.3 is 4.74 Å². The van der Waals surface area contributed by atoms with Crippen LogP contribution >= 0.6 is 0 Å². The first kappa shape index (κ1) is 13.7. The number of amides is 1. The number of rotatable bonds is 3. The van der Waals surface area contributed by atoms with E-state index in [-0.39, 0.29) is 0 Å². The van der Waals surface area contributed by atoms with Gasteiger partial charge in [-0.25, -0.2) is 4.79 Å². The monoisotopic (exact) mass is 259 g/mol. The van der Waals surface area contributed by atoms with Crippen molar-refractivity contribution in [2.45, 2.75) is 44.9 Å². The van der Waals surface area contributed by atoms with Crippen LogP contribution in [0.3, 0.4) is 0 Å². The molecule has 0 aromatic heterocycles. The Balaban J connectivity index is 2.09. The van der Waals surface area contributed by atoms with E-state index in [0.29, 0.717) is 11.7 Å². The Kier molecular flexibility index (Phi) is 5.01. The Labute approximate surface area is 114 Å². The minimum atomic E-state index is -0.429. The smallest absolute Gasteiger partial charge is 0.410 e. The molecule has 1 N–H and O–H groups in total. The zero-order valence-electron chi connectivity index (χ0n) is 11.4. The SMILES string of the molecule is CC=CNC(=O)Oc1ccccc1C1CCCCC1. The van der Waals surface area contributed by atoms with Crippen molar-refractivity contribution in [3.05, 3.63) is 42.1 Å². The van der Waals surface area contributed by atoms with Gasteiger partial charge in [0, 0.05) is 6.20 Å². The van der Waals surface area contributed by atoms with Crippen molar-refractivity contribution in [2.75, 3.05) is 0 Å². The standard InChI is InChI=1S/C16H21NO2/c1-2-12-17-16(18)19-15-11-7-6-10-14(15)13-8-4-3-5-9-13/h2,6-7,10-13H,3-5,8-9H2,1H3,(H,17,18). The van der Waals surface area contributed by atoms with Crippen molar-refractivity contribution in [3.63, 3.8) is 0 Å². The molecule has 0 heterocycles. The van der Waals surface area contributed by atoms with Crippen LogP contribution in [0, 0.1) is 0 Å². The fourth-order valence-corrected chi connectivity index (χ4v) is 2.61. The first-order valence-corrected chi connectivity index (χ1v) is 6.99. The van der Waals surface area contributed by atoms with Gasteiger partial charge in [-0.1, -0.05) is 43.5 Å². The summed E-state index contributed by atoms with van der Waals surface area (Å²) in [7, 11) is 0. The van der Waals surface area contributed by atoms with Gasteiger partial charge in [0.15, 0.2) is 0 Å². The molecule has 2 rings (SSSR count). The van der Waals surface area contributed by atoms with Gasteiger partial charge in [0.05, 0.1) is 0 Å². The summed E-state index contributed by atoms with van der Waals surface area (Å²) in [5.74, 6) is 1.22. The number of hydrogen-bond donors (Lipinski definition) is 1. The topological polar surface area (TPSA) is 38.3 Å². The Morgan fingerprint density at radius 2 is 2.00 bits per heavy atom. The zero-order valence-corrected chi connectivity index (χ0v) is 11.4. The van der Waals surface area contributed by atoms with Crippen LogP contribution in [0.4, 0.5) is 4.79 Å². The molecular formula is C16H21NO2. The molecule has 0 unspecified atom stereocenters. The van der Waals surface area contributed by atoms with Crippen LogP contribution in [0.15, 0.2) is 36.5 Å². The molecule has 1 aromatic carbocycles. The second-order valence-electron chi connectivity index (χ2n) is 4.91. The quantitative estimate of drug-likeness (QED) is 0.876. The molecular weight excluding hydrogens is 238 g/mol. The fourth-order valence-electron chi connectivity index (χ4n) is 2.61. The molecule has 0 atom stereocenters. The van der Waals surface area contributed by atoms with Gasteiger partial charge in [-0.2, -0.15) is 0 Å². The third-order valence-corrected chi connectivity index (χ3v) is 3.53. The lowest BCUT2D eigenvalue weighted by Gasteiger charge is -2.23. The van der Waals surface area contributed by atoms with Gasteiger partial charge in [0.1, 0.15) is 5.75 Å². The van der Waals surface area contributed by atoms with Crippen LogP contribution in [0.5, 0.6) is 5.75 Å². The average Bonchev–Trinajstić information content (AvgIpc) is 2.46. The predicted octanol–water partition coefficient (Wildman–Crippen LogP) is 4.36. The lowest BCUT2D eigenvalue weighted by Crippen LogP contribution is -2.22. The number of hydrogen-bond acceptors (Lipinski definition) is 2. The van der Waals surface area contributed by atoms with E-state index in [1.54, 1.807) is 12.3 Å². The van der Waals surface area contributed by atoms with E-state index < -0.39 is 6.09 Å². The predicted molar refractivity (Wildman–Crippen MR) is 76.2 cm³/mol. The van der Waals surface area contributed by atoms with E-state index in [1.165, 1.54) is 32.1 Å². The van der Waals surface area contributed by atoms with Crippen molar-refractivity contribution in [1.29, 1.82) is 0 Å². The number of carbonyl (C=O) groups excluding carboxylic acids is 1. The van der Waals surface area contributed by atoms with E-state index in [4.69, 9.17) is 4.74 Å². The summed E-state index contributed by atoms with van der Waals surface area (Å²) in [6.07, 6.45) is 9.14. The van der Waals surface area contributed by atoms with Crippen molar-refractivity contribution in [1.82, 2.24) is 5.32 Å². The molecule has 1 fully saturated rings. The Hall–Kier alpha value is -1.77. The highest BCUT2D eigenvalue weighted by Gasteiger charge is 2.19. The van der Waals surface area contributed by atoms with E-state index in [1.807, 2.05) is 25.1 Å². The highest BCUT2D eigenvalue weighted by molar-refractivity contribution is 5.71. The van der Waals surface area contributed by atoms with Crippen LogP contribution in [-0.2, 0) is 0 Å². The van der Waals surface area contributed by atoms with E-state index in [9.17, 15) is 4.79 Å². The van der Waals surface area contributed by atoms with Crippen LogP contribution in [0.2, 0.25) is 0 Å². The summed E-state index contributed by atoms with van der Waals surface area (Å²) in [6, 6.07) is 7.87. The molecule has 0 radical (unpaired) electrons. The zero-order chi connectivity index (χ0) is 13.5. The maximum absolute atomic E-state index is 11.6. The van der Waals surface area contributed by atoms with Gasteiger partial charge >= 0.3 is 6.09 Å². The maximum atomic E-state index is 11.6. The van der Waals surface area contributed by atoms with E-state index in [0.717, 1.165) is 5.56 Å². The minimum Gasteiger partial charge on any atom is -0.410 e. The molecule has 19 heavy (non-hydrogen) atoms. The first-order chi connectivity index (χ1) is 9.31. The molecule has 0 spiro atoms. The molecule has 0 bridgehead atoms. The summed E-state index contributed by atoms with van der Waals surface area (Å²) < 4.78 is 5.40. The number of carbonyl (C=O) groups is 1. The number of benzene rings is 1. The number of ether oxygens (including phenoxy) is 1. The number of nitrogens with one attached hydrogen (secondary N) is 1. The first-order valence-electron chi connectivity index (χ1n) is 6.99. The lowest BCUT2D eigenvalue weighted by atomic mass is 9.84. The average molecular weight is 259 g/mol. The molecule has 1 saturated carbocycles. The van der Waals surface area contributed by atoms with Crippen LogP contribution in [-0.4, -0.2) is 6.09 Å². The van der Waals surface area contributed by atoms with Gasteiger partial charge in [0.25, 0.3) is 0 Å². The Morgan fingerprint density at radius 1 is 1.26 bits per heavy atom. The summed E-state index contributed by atoms with van der Waals surface area (Å²) in [5.41, 5.74) is 1.16. The summed E-state index contributed by atoms with van der Waals surface area (Å²) in [5, 5.41) is 2.57. The molecule has 3 heteroatoms. The van der Waals surface area contributed by atoms with Gasteiger partial charge in [-0.15, -0.1) is 0 Å². The Bertz CT molecular complexity index is 448. The van der Waals surface area contributed by atoms with Crippen LogP contribution in [0.1, 0.15) is 50.5 Å². The highest BCUT2D eigenvalue weighted by Crippen LogP contribution is 2.37. The molecule has 1 aliphatic rings. The largest absolute Gasteiger partial charge is 0.416 e. The van der Waals surface area contributed by atoms with Crippen molar-refractivity contribution < 1.29 is 9.53 Å². The molecule has 1 amide bonds. The second-order valence-corrected chi connectivity index (χ2v) is 4.91. The van der Waals surface area contributed by atoms with Crippen LogP contribution in [0.25, 0.3) is 0 Å². The fraction of sp³-hybridized carbons (Fsp3) is 0.438. The number of allylic oxidation sites excluding steroid dienone is 1. The highest BCUT2D eigenvalue weighted by atomic mass is 16.6. The summed E-state index contributed by atoms with van der Waals surface area (Å²) >= 11 is 0. The normalized spacial score (nSPS) is 16.5. The summed E-state index contributed by atoms with van der Waals surface area (Å²) in [6.45, 7) is 1.84. The van der Waals surface area contributed by atoms with Gasteiger partial charge in [-0.3, -0.25) is 5.32 Å². The Morgan fingerprint density at radius 3 is 2.74 bits per heavy atom. The van der Waals surface area contributed by atoms with Gasteiger partial charge in [0.2, 0.25) is 0 Å². The maximum Gasteiger partial charge on any atom is 0.416 e. The third-order valence-electron chi connectivity index (χ3n) is 3.53. The molecule has 0 aliphatic heterocycles. The second kappa shape index (κ2) is 6.98. The van der Waals surface area contributed by atoms with E-state index >= 15 is 0 Å². The van der Waals surface area contributed by atoms with Crippen molar-refractivity contribution in [2.24, 2.45) is 0 Å². The third kappa shape index (κ3) is 3.85. The summed E-state index contributed by atoms with van der Waals surface area (Å²) in [4.78, 5) is 11.6. The van der Waals surface area contributed by atoms with E-state index in [2.05, 4.69) is 11.4 Å².